The van der Waals surface area contributed by atoms with Gasteiger partial charge in [0.1, 0.15) is 16.5 Å². The molecule has 0 unspecified atom stereocenters. The second-order valence-electron chi connectivity index (χ2n) is 4.29. The summed E-state index contributed by atoms with van der Waals surface area (Å²) in [5.74, 6) is 0.0912. The maximum absolute atomic E-state index is 12.0. The predicted octanol–water partition coefficient (Wildman–Crippen LogP) is 2.05. The molecule has 2 aromatic rings. The van der Waals surface area contributed by atoms with E-state index in [2.05, 4.69) is 0 Å². The van der Waals surface area contributed by atoms with Crippen LogP contribution in [0, 0.1) is 12.3 Å². The third-order valence-electron chi connectivity index (χ3n) is 2.68. The van der Waals surface area contributed by atoms with E-state index in [1.165, 1.54) is 36.4 Å². The molecular formula is C14H14N2O3S. The first-order chi connectivity index (χ1) is 9.38. The Morgan fingerprint density at radius 1 is 1.05 bits per heavy atom. The summed E-state index contributed by atoms with van der Waals surface area (Å²) in [4.78, 5) is 0.0961. The van der Waals surface area contributed by atoms with Crippen LogP contribution in [0.25, 0.3) is 0 Å². The zero-order valence-corrected chi connectivity index (χ0v) is 11.6. The molecule has 0 bridgehead atoms. The van der Waals surface area contributed by atoms with Crippen molar-refractivity contribution < 1.29 is 12.6 Å². The summed E-state index contributed by atoms with van der Waals surface area (Å²) in [6, 6.07) is 12.4. The lowest BCUT2D eigenvalue weighted by Crippen LogP contribution is -2.12. The van der Waals surface area contributed by atoms with Crippen LogP contribution in [-0.4, -0.2) is 14.3 Å². The molecule has 0 aromatic heterocycles. The van der Waals surface area contributed by atoms with E-state index in [1.54, 1.807) is 12.1 Å². The number of hydrogen-bond donors (Lipinski definition) is 2. The molecule has 0 amide bonds. The van der Waals surface area contributed by atoms with Crippen LogP contribution in [0.1, 0.15) is 11.1 Å². The lowest BCUT2D eigenvalue weighted by Gasteiger charge is -2.07. The van der Waals surface area contributed by atoms with E-state index < -0.39 is 10.1 Å². The maximum Gasteiger partial charge on any atom is 0.339 e. The van der Waals surface area contributed by atoms with Crippen LogP contribution in [0.2, 0.25) is 0 Å². The van der Waals surface area contributed by atoms with Gasteiger partial charge in [0.05, 0.1) is 0 Å². The fraction of sp³-hybridized carbons (Fsp3) is 0.0714. The van der Waals surface area contributed by atoms with Gasteiger partial charge >= 0.3 is 10.1 Å². The normalized spacial score (nSPS) is 11.1. The highest BCUT2D eigenvalue weighted by Gasteiger charge is 2.16. The molecule has 5 nitrogen and oxygen atoms in total. The van der Waals surface area contributed by atoms with E-state index in [0.29, 0.717) is 5.56 Å². The van der Waals surface area contributed by atoms with Gasteiger partial charge in [-0.25, -0.2) is 0 Å². The molecule has 0 heterocycles. The van der Waals surface area contributed by atoms with Gasteiger partial charge in [0.15, 0.2) is 0 Å². The molecule has 0 saturated carbocycles. The topological polar surface area (TPSA) is 93.2 Å². The quantitative estimate of drug-likeness (QED) is 0.512. The first-order valence-corrected chi connectivity index (χ1v) is 7.25. The van der Waals surface area contributed by atoms with Crippen molar-refractivity contribution in [1.82, 2.24) is 0 Å². The summed E-state index contributed by atoms with van der Waals surface area (Å²) in [6.07, 6.45) is 0. The van der Waals surface area contributed by atoms with Crippen molar-refractivity contribution in [1.29, 1.82) is 5.41 Å². The number of amidine groups is 1. The summed E-state index contributed by atoms with van der Waals surface area (Å²) >= 11 is 0. The van der Waals surface area contributed by atoms with Crippen molar-refractivity contribution >= 4 is 16.0 Å². The Kier molecular flexibility index (Phi) is 3.76. The van der Waals surface area contributed by atoms with Gasteiger partial charge < -0.3 is 9.92 Å². The molecule has 2 rings (SSSR count). The summed E-state index contributed by atoms with van der Waals surface area (Å²) in [5, 5.41) is 7.26. The van der Waals surface area contributed by atoms with Crippen molar-refractivity contribution in [3.63, 3.8) is 0 Å². The van der Waals surface area contributed by atoms with Gasteiger partial charge in [-0.2, -0.15) is 8.42 Å². The number of aryl methyl sites for hydroxylation is 1. The van der Waals surface area contributed by atoms with Gasteiger partial charge in [0, 0.05) is 5.56 Å². The molecular weight excluding hydrogens is 276 g/mol. The van der Waals surface area contributed by atoms with Crippen LogP contribution in [0.5, 0.6) is 5.75 Å². The molecule has 0 atom stereocenters. The molecule has 6 heteroatoms. The highest BCUT2D eigenvalue weighted by molar-refractivity contribution is 7.87. The van der Waals surface area contributed by atoms with Crippen molar-refractivity contribution in [3.8, 4) is 5.75 Å². The number of nitrogens with two attached hydrogens (primary N) is 1. The van der Waals surface area contributed by atoms with Crippen LogP contribution in [0.3, 0.4) is 0 Å². The van der Waals surface area contributed by atoms with Crippen LogP contribution >= 0.6 is 0 Å². The largest absolute Gasteiger partial charge is 0.384 e. The molecule has 0 fully saturated rings. The number of benzene rings is 2. The average Bonchev–Trinajstić information content (AvgIpc) is 2.39. The summed E-state index contributed by atoms with van der Waals surface area (Å²) in [5.41, 5.74) is 6.79. The van der Waals surface area contributed by atoms with Gasteiger partial charge in [0.2, 0.25) is 0 Å². The fourth-order valence-corrected chi connectivity index (χ4v) is 2.50. The number of nitrogen functional groups attached to an aromatic ring is 1. The second-order valence-corrected chi connectivity index (χ2v) is 5.83. The Labute approximate surface area is 117 Å². The minimum atomic E-state index is -3.85. The van der Waals surface area contributed by atoms with Crippen molar-refractivity contribution in [3.05, 3.63) is 59.7 Å². The van der Waals surface area contributed by atoms with Crippen molar-refractivity contribution in [2.45, 2.75) is 11.8 Å². The molecule has 0 saturated heterocycles. The zero-order chi connectivity index (χ0) is 14.8. The Bertz CT molecular complexity index is 720. The van der Waals surface area contributed by atoms with Crippen LogP contribution in [0.4, 0.5) is 0 Å². The molecule has 0 aliphatic rings. The molecule has 20 heavy (non-hydrogen) atoms. The molecule has 0 radical (unpaired) electrons. The lowest BCUT2D eigenvalue weighted by atomic mass is 10.2. The highest BCUT2D eigenvalue weighted by atomic mass is 32.2. The van der Waals surface area contributed by atoms with Gasteiger partial charge in [-0.05, 0) is 43.3 Å². The zero-order valence-electron chi connectivity index (χ0n) is 10.8. The van der Waals surface area contributed by atoms with Crippen LogP contribution in [0.15, 0.2) is 53.4 Å². The van der Waals surface area contributed by atoms with Gasteiger partial charge in [-0.1, -0.05) is 17.7 Å². The average molecular weight is 290 g/mol. The number of hydrogen-bond acceptors (Lipinski definition) is 4. The minimum Gasteiger partial charge on any atom is -0.384 e. The molecule has 2 aromatic carbocycles. The first kappa shape index (κ1) is 14.1. The fourth-order valence-electron chi connectivity index (χ4n) is 1.57. The Balaban J connectivity index is 2.24. The van der Waals surface area contributed by atoms with Crippen LogP contribution < -0.4 is 9.92 Å². The van der Waals surface area contributed by atoms with Crippen molar-refractivity contribution in [2.75, 3.05) is 0 Å². The van der Waals surface area contributed by atoms with E-state index in [0.717, 1.165) is 5.56 Å². The summed E-state index contributed by atoms with van der Waals surface area (Å²) in [6.45, 7) is 1.87. The summed E-state index contributed by atoms with van der Waals surface area (Å²) in [7, 11) is -3.85. The number of nitrogens with one attached hydrogen (secondary N) is 1. The molecule has 104 valence electrons. The standard InChI is InChI=1S/C14H14N2O3S/c1-10-2-8-13(9-3-10)20(17,18)19-12-6-4-11(5-7-12)14(15)16/h2-9H,1H3,(H3,15,16). The predicted molar refractivity (Wildman–Crippen MR) is 76.5 cm³/mol. The molecule has 0 spiro atoms. The molecule has 0 aliphatic carbocycles. The second kappa shape index (κ2) is 5.34. The monoisotopic (exact) mass is 290 g/mol. The van der Waals surface area contributed by atoms with Gasteiger partial charge in [-0.15, -0.1) is 0 Å². The Morgan fingerprint density at radius 3 is 2.10 bits per heavy atom. The number of rotatable bonds is 4. The Morgan fingerprint density at radius 2 is 1.60 bits per heavy atom. The van der Waals surface area contributed by atoms with E-state index in [4.69, 9.17) is 15.3 Å². The van der Waals surface area contributed by atoms with Crippen LogP contribution in [-0.2, 0) is 10.1 Å². The summed E-state index contributed by atoms with van der Waals surface area (Å²) < 4.78 is 29.1. The molecule has 0 aliphatic heterocycles. The highest BCUT2D eigenvalue weighted by Crippen LogP contribution is 2.19. The van der Waals surface area contributed by atoms with Gasteiger partial charge in [0.25, 0.3) is 0 Å². The van der Waals surface area contributed by atoms with Gasteiger partial charge in [-0.3, -0.25) is 5.41 Å². The first-order valence-electron chi connectivity index (χ1n) is 5.84. The van der Waals surface area contributed by atoms with E-state index >= 15 is 0 Å². The minimum absolute atomic E-state index is 0.0852. The van der Waals surface area contributed by atoms with E-state index in [1.807, 2.05) is 6.92 Å². The Hall–Kier alpha value is -2.34. The smallest absolute Gasteiger partial charge is 0.339 e. The van der Waals surface area contributed by atoms with E-state index in [9.17, 15) is 8.42 Å². The third kappa shape index (κ3) is 3.16. The SMILES string of the molecule is Cc1ccc(S(=O)(=O)Oc2ccc(C(=N)N)cc2)cc1. The third-order valence-corrected chi connectivity index (χ3v) is 3.94. The molecule has 3 N–H and O–H groups in total. The maximum atomic E-state index is 12.0. The van der Waals surface area contributed by atoms with E-state index in [-0.39, 0.29) is 16.5 Å². The lowest BCUT2D eigenvalue weighted by molar-refractivity contribution is 0.486. The van der Waals surface area contributed by atoms with Crippen molar-refractivity contribution in [2.24, 2.45) is 5.73 Å².